The Bertz CT molecular complexity index is 852. The van der Waals surface area contributed by atoms with E-state index in [-0.39, 0.29) is 5.56 Å². The van der Waals surface area contributed by atoms with E-state index in [2.05, 4.69) is 15.1 Å². The van der Waals surface area contributed by atoms with Crippen LogP contribution in [0.5, 0.6) is 0 Å². The van der Waals surface area contributed by atoms with Crippen LogP contribution < -0.4 is 0 Å². The lowest BCUT2D eigenvalue weighted by Crippen LogP contribution is -2.02. The summed E-state index contributed by atoms with van der Waals surface area (Å²) in [5, 5.41) is 14.4. The van der Waals surface area contributed by atoms with E-state index < -0.39 is 5.97 Å². The van der Waals surface area contributed by atoms with Crippen molar-refractivity contribution in [1.82, 2.24) is 19.7 Å². The highest BCUT2D eigenvalue weighted by Crippen LogP contribution is 2.39. The van der Waals surface area contributed by atoms with Crippen LogP contribution in [0, 0.1) is 0 Å². The average Bonchev–Trinajstić information content (AvgIpc) is 3.24. The summed E-state index contributed by atoms with van der Waals surface area (Å²) in [6, 6.07) is 6.85. The molecule has 1 fully saturated rings. The third-order valence-corrected chi connectivity index (χ3v) is 3.68. The van der Waals surface area contributed by atoms with E-state index >= 15 is 0 Å². The molecule has 1 aromatic carbocycles. The monoisotopic (exact) mass is 280 g/mol. The number of fused-ring (bicyclic) bond motifs is 1. The number of aromatic nitrogens is 4. The van der Waals surface area contributed by atoms with Crippen molar-refractivity contribution in [1.29, 1.82) is 0 Å². The van der Waals surface area contributed by atoms with Crippen molar-refractivity contribution < 1.29 is 9.90 Å². The fourth-order valence-corrected chi connectivity index (χ4v) is 2.41. The maximum absolute atomic E-state index is 11.0. The number of rotatable bonds is 3. The normalized spacial score (nSPS) is 14.5. The zero-order valence-electron chi connectivity index (χ0n) is 11.1. The van der Waals surface area contributed by atoms with Gasteiger partial charge < -0.3 is 5.11 Å². The van der Waals surface area contributed by atoms with E-state index in [1.165, 1.54) is 19.2 Å². The number of carbonyl (C=O) groups is 1. The largest absolute Gasteiger partial charge is 0.478 e. The molecule has 1 saturated carbocycles. The molecule has 2 aromatic heterocycles. The van der Waals surface area contributed by atoms with Crippen molar-refractivity contribution in [3.05, 3.63) is 48.0 Å². The maximum Gasteiger partial charge on any atom is 0.335 e. The first-order chi connectivity index (χ1) is 10.2. The Labute approximate surface area is 120 Å². The molecule has 6 nitrogen and oxygen atoms in total. The highest BCUT2D eigenvalue weighted by atomic mass is 16.4. The first-order valence-electron chi connectivity index (χ1n) is 6.76. The third kappa shape index (κ3) is 2.05. The number of carboxylic acid groups (broad SMARTS) is 1. The molecule has 6 heteroatoms. The van der Waals surface area contributed by atoms with E-state index in [4.69, 9.17) is 5.11 Å². The minimum atomic E-state index is -0.966. The van der Waals surface area contributed by atoms with Gasteiger partial charge in [-0.25, -0.2) is 19.4 Å². The minimum Gasteiger partial charge on any atom is -0.478 e. The second-order valence-corrected chi connectivity index (χ2v) is 5.19. The molecule has 0 amide bonds. The van der Waals surface area contributed by atoms with Gasteiger partial charge in [0.25, 0.3) is 0 Å². The van der Waals surface area contributed by atoms with Crippen LogP contribution in [0.1, 0.15) is 34.8 Å². The Morgan fingerprint density at radius 2 is 2.10 bits per heavy atom. The summed E-state index contributed by atoms with van der Waals surface area (Å²) in [6.07, 6.45) is 5.72. The lowest BCUT2D eigenvalue weighted by atomic mass is 10.1. The molecule has 104 valence electrons. The second-order valence-electron chi connectivity index (χ2n) is 5.19. The summed E-state index contributed by atoms with van der Waals surface area (Å²) in [5.41, 5.74) is 1.90. The van der Waals surface area contributed by atoms with Gasteiger partial charge in [0.2, 0.25) is 0 Å². The number of nitrogens with zero attached hydrogens (tertiary/aromatic N) is 4. The van der Waals surface area contributed by atoms with Crippen LogP contribution in [0.3, 0.4) is 0 Å². The number of hydrogen-bond acceptors (Lipinski definition) is 4. The summed E-state index contributed by atoms with van der Waals surface area (Å²) in [7, 11) is 0. The van der Waals surface area contributed by atoms with Crippen molar-refractivity contribution >= 4 is 16.9 Å². The van der Waals surface area contributed by atoms with Gasteiger partial charge in [0.15, 0.2) is 5.82 Å². The van der Waals surface area contributed by atoms with E-state index in [9.17, 15) is 4.79 Å². The highest BCUT2D eigenvalue weighted by molar-refractivity contribution is 5.94. The maximum atomic E-state index is 11.0. The molecule has 4 rings (SSSR count). The van der Waals surface area contributed by atoms with Crippen LogP contribution in [0.2, 0.25) is 0 Å². The minimum absolute atomic E-state index is 0.214. The third-order valence-electron chi connectivity index (χ3n) is 3.68. The van der Waals surface area contributed by atoms with Gasteiger partial charge in [-0.15, -0.1) is 0 Å². The SMILES string of the molecule is O=C(O)c1ccc2c(-n3ccc(C4CC4)n3)ncnc2c1. The molecule has 0 aliphatic heterocycles. The summed E-state index contributed by atoms with van der Waals surface area (Å²) < 4.78 is 1.73. The lowest BCUT2D eigenvalue weighted by Gasteiger charge is -2.05. The summed E-state index contributed by atoms with van der Waals surface area (Å²) >= 11 is 0. The van der Waals surface area contributed by atoms with Gasteiger partial charge in [-0.1, -0.05) is 0 Å². The van der Waals surface area contributed by atoms with Crippen LogP contribution in [-0.4, -0.2) is 30.8 Å². The lowest BCUT2D eigenvalue weighted by molar-refractivity contribution is 0.0697. The highest BCUT2D eigenvalue weighted by Gasteiger charge is 2.26. The molecule has 0 unspecified atom stereocenters. The van der Waals surface area contributed by atoms with Gasteiger partial charge in [-0.3, -0.25) is 0 Å². The number of hydrogen-bond donors (Lipinski definition) is 1. The predicted octanol–water partition coefficient (Wildman–Crippen LogP) is 2.39. The average molecular weight is 280 g/mol. The molecule has 1 aliphatic carbocycles. The first kappa shape index (κ1) is 12.0. The Balaban J connectivity index is 1.85. The van der Waals surface area contributed by atoms with E-state index in [1.807, 2.05) is 12.3 Å². The molecule has 1 aliphatic rings. The number of carboxylic acids is 1. The summed E-state index contributed by atoms with van der Waals surface area (Å²) in [4.78, 5) is 19.5. The molecule has 21 heavy (non-hydrogen) atoms. The van der Waals surface area contributed by atoms with Gasteiger partial charge in [0.05, 0.1) is 16.8 Å². The summed E-state index contributed by atoms with van der Waals surface area (Å²) in [6.45, 7) is 0. The van der Waals surface area contributed by atoms with Crippen molar-refractivity contribution in [2.24, 2.45) is 0 Å². The van der Waals surface area contributed by atoms with Gasteiger partial charge in [0.1, 0.15) is 6.33 Å². The molecular formula is C15H12N4O2. The first-order valence-corrected chi connectivity index (χ1v) is 6.76. The predicted molar refractivity (Wildman–Crippen MR) is 75.6 cm³/mol. The van der Waals surface area contributed by atoms with Crippen LogP contribution in [-0.2, 0) is 0 Å². The van der Waals surface area contributed by atoms with E-state index in [0.717, 1.165) is 11.1 Å². The van der Waals surface area contributed by atoms with Gasteiger partial charge in [0, 0.05) is 17.5 Å². The van der Waals surface area contributed by atoms with Crippen molar-refractivity contribution in [3.63, 3.8) is 0 Å². The van der Waals surface area contributed by atoms with Gasteiger partial charge >= 0.3 is 5.97 Å². The Hall–Kier alpha value is -2.76. The molecule has 0 radical (unpaired) electrons. The Morgan fingerprint density at radius 3 is 2.86 bits per heavy atom. The molecule has 0 spiro atoms. The Morgan fingerprint density at radius 1 is 1.24 bits per heavy atom. The standard InChI is InChI=1S/C15H12N4O2/c20-15(21)10-3-4-11-13(7-10)16-8-17-14(11)19-6-5-12(18-19)9-1-2-9/h3-9H,1-2H2,(H,20,21). The van der Waals surface area contributed by atoms with Gasteiger partial charge in [-0.05, 0) is 37.1 Å². The zero-order valence-corrected chi connectivity index (χ0v) is 11.1. The second kappa shape index (κ2) is 4.37. The van der Waals surface area contributed by atoms with Crippen molar-refractivity contribution in [3.8, 4) is 5.82 Å². The molecule has 0 atom stereocenters. The number of benzene rings is 1. The fourth-order valence-electron chi connectivity index (χ4n) is 2.41. The van der Waals surface area contributed by atoms with Crippen LogP contribution in [0.4, 0.5) is 0 Å². The smallest absolute Gasteiger partial charge is 0.335 e. The van der Waals surface area contributed by atoms with Crippen molar-refractivity contribution in [2.75, 3.05) is 0 Å². The molecule has 0 bridgehead atoms. The zero-order chi connectivity index (χ0) is 14.4. The van der Waals surface area contributed by atoms with Crippen LogP contribution >= 0.6 is 0 Å². The fraction of sp³-hybridized carbons (Fsp3) is 0.200. The molecular weight excluding hydrogens is 268 g/mol. The molecule has 3 aromatic rings. The molecule has 0 saturated heterocycles. The summed E-state index contributed by atoms with van der Waals surface area (Å²) in [5.74, 6) is 0.286. The molecule has 2 heterocycles. The van der Waals surface area contributed by atoms with Crippen LogP contribution in [0.15, 0.2) is 36.8 Å². The number of aromatic carboxylic acids is 1. The quantitative estimate of drug-likeness (QED) is 0.796. The van der Waals surface area contributed by atoms with Crippen molar-refractivity contribution in [2.45, 2.75) is 18.8 Å². The van der Waals surface area contributed by atoms with E-state index in [0.29, 0.717) is 17.3 Å². The molecule has 1 N–H and O–H groups in total. The van der Waals surface area contributed by atoms with Gasteiger partial charge in [-0.2, -0.15) is 5.10 Å². The van der Waals surface area contributed by atoms with E-state index in [1.54, 1.807) is 22.9 Å². The van der Waals surface area contributed by atoms with Crippen LogP contribution in [0.25, 0.3) is 16.7 Å². The Kier molecular flexibility index (Phi) is 2.50. The topological polar surface area (TPSA) is 80.9 Å².